The van der Waals surface area contributed by atoms with Gasteiger partial charge in [0.2, 0.25) is 0 Å². The predicted molar refractivity (Wildman–Crippen MR) is 72.7 cm³/mol. The van der Waals surface area contributed by atoms with Crippen molar-refractivity contribution in [2.75, 3.05) is 18.2 Å². The molecule has 1 aromatic rings. The lowest BCUT2D eigenvalue weighted by Crippen LogP contribution is -2.18. The van der Waals surface area contributed by atoms with Crippen molar-refractivity contribution in [1.82, 2.24) is 0 Å². The molecule has 2 atom stereocenters. The van der Waals surface area contributed by atoms with Crippen molar-refractivity contribution < 1.29 is 4.74 Å². The molecule has 1 aliphatic carbocycles. The van der Waals surface area contributed by atoms with Crippen LogP contribution in [-0.2, 0) is 4.74 Å². The molecule has 2 unspecified atom stereocenters. The second kappa shape index (κ2) is 5.15. The van der Waals surface area contributed by atoms with Crippen LogP contribution in [0.1, 0.15) is 24.8 Å². The maximum absolute atomic E-state index is 6.04. The highest BCUT2D eigenvalue weighted by Crippen LogP contribution is 2.30. The summed E-state index contributed by atoms with van der Waals surface area (Å²) in [6.45, 7) is 2.04. The van der Waals surface area contributed by atoms with Gasteiger partial charge in [-0.2, -0.15) is 0 Å². The highest BCUT2D eigenvalue weighted by Gasteiger charge is 2.24. The van der Waals surface area contributed by atoms with E-state index < -0.39 is 0 Å². The molecule has 0 bridgehead atoms. The maximum atomic E-state index is 6.04. The lowest BCUT2D eigenvalue weighted by molar-refractivity contribution is 0.108. The molecule has 4 heteroatoms. The average molecular weight is 255 g/mol. The van der Waals surface area contributed by atoms with Crippen molar-refractivity contribution in [3.8, 4) is 0 Å². The highest BCUT2D eigenvalue weighted by molar-refractivity contribution is 6.33. The normalized spacial score (nSPS) is 23.9. The van der Waals surface area contributed by atoms with E-state index in [0.29, 0.717) is 22.9 Å². The van der Waals surface area contributed by atoms with E-state index in [2.05, 4.69) is 5.32 Å². The molecule has 0 saturated heterocycles. The minimum atomic E-state index is 0.386. The number of nitrogens with two attached hydrogens (primary N) is 1. The fraction of sp³-hybridized carbons (Fsp3) is 0.538. The molecule has 1 fully saturated rings. The van der Waals surface area contributed by atoms with Crippen molar-refractivity contribution in [1.29, 1.82) is 0 Å². The van der Waals surface area contributed by atoms with Crippen LogP contribution in [0.5, 0.6) is 0 Å². The number of benzene rings is 1. The van der Waals surface area contributed by atoms with Gasteiger partial charge in [0.25, 0.3) is 0 Å². The Bertz CT molecular complexity index is 409. The molecule has 94 valence electrons. The second-order valence-electron chi connectivity index (χ2n) is 4.70. The molecule has 2 rings (SSSR count). The molecular formula is C13H19ClN2O. The molecule has 0 radical (unpaired) electrons. The Hall–Kier alpha value is -0.930. The first kappa shape index (κ1) is 12.5. The molecule has 0 aliphatic heterocycles. The molecule has 1 aliphatic rings. The van der Waals surface area contributed by atoms with Crippen LogP contribution in [0.25, 0.3) is 0 Å². The first-order chi connectivity index (χ1) is 8.10. The summed E-state index contributed by atoms with van der Waals surface area (Å²) in [7, 11) is 1.78. The highest BCUT2D eigenvalue weighted by atomic mass is 35.5. The second-order valence-corrected chi connectivity index (χ2v) is 5.11. The maximum Gasteiger partial charge on any atom is 0.0656 e. The Kier molecular flexibility index (Phi) is 3.79. The zero-order valence-electron chi connectivity index (χ0n) is 10.3. The monoisotopic (exact) mass is 254 g/mol. The molecule has 0 spiro atoms. The number of ether oxygens (including phenoxy) is 1. The first-order valence-electron chi connectivity index (χ1n) is 5.95. The number of halogens is 1. The van der Waals surface area contributed by atoms with Gasteiger partial charge in [0, 0.05) is 18.8 Å². The molecule has 17 heavy (non-hydrogen) atoms. The Morgan fingerprint density at radius 2 is 2.18 bits per heavy atom. The minimum absolute atomic E-state index is 0.386. The standard InChI is InChI=1S/C13H19ClN2O/c1-8-5-12(15)11(14)7-13(8)16-9-3-4-10(6-9)17-2/h5,7,9-10,16H,3-4,6,15H2,1-2H3. The van der Waals surface area contributed by atoms with Gasteiger partial charge in [0.1, 0.15) is 0 Å². The van der Waals surface area contributed by atoms with Crippen LogP contribution in [0.2, 0.25) is 5.02 Å². The van der Waals surface area contributed by atoms with Gasteiger partial charge in [0.15, 0.2) is 0 Å². The van der Waals surface area contributed by atoms with Crippen molar-refractivity contribution in [3.05, 3.63) is 22.7 Å². The number of hydrogen-bond acceptors (Lipinski definition) is 3. The summed E-state index contributed by atoms with van der Waals surface area (Å²) in [5, 5.41) is 4.13. The van der Waals surface area contributed by atoms with Gasteiger partial charge in [-0.3, -0.25) is 0 Å². The third kappa shape index (κ3) is 2.85. The summed E-state index contributed by atoms with van der Waals surface area (Å²) in [4.78, 5) is 0. The number of aryl methyl sites for hydroxylation is 1. The van der Waals surface area contributed by atoms with Gasteiger partial charge in [-0.05, 0) is 43.9 Å². The van der Waals surface area contributed by atoms with E-state index >= 15 is 0 Å². The summed E-state index contributed by atoms with van der Waals surface area (Å²) in [5.74, 6) is 0. The summed E-state index contributed by atoms with van der Waals surface area (Å²) in [6, 6.07) is 4.29. The summed E-state index contributed by atoms with van der Waals surface area (Å²) >= 11 is 6.04. The number of methoxy groups -OCH3 is 1. The van der Waals surface area contributed by atoms with Gasteiger partial charge in [0.05, 0.1) is 16.8 Å². The SMILES string of the molecule is COC1CCC(Nc2cc(Cl)c(N)cc2C)C1. The molecule has 0 aromatic heterocycles. The third-order valence-electron chi connectivity index (χ3n) is 3.42. The van der Waals surface area contributed by atoms with E-state index in [9.17, 15) is 0 Å². The average Bonchev–Trinajstić information content (AvgIpc) is 2.73. The van der Waals surface area contributed by atoms with Crippen LogP contribution >= 0.6 is 11.6 Å². The first-order valence-corrected chi connectivity index (χ1v) is 6.33. The van der Waals surface area contributed by atoms with Gasteiger partial charge in [-0.1, -0.05) is 11.6 Å². The predicted octanol–water partition coefficient (Wildman–Crippen LogP) is 3.21. The van der Waals surface area contributed by atoms with Crippen LogP contribution in [-0.4, -0.2) is 19.3 Å². The van der Waals surface area contributed by atoms with Crippen LogP contribution < -0.4 is 11.1 Å². The van der Waals surface area contributed by atoms with Crippen molar-refractivity contribution >= 4 is 23.0 Å². The molecule has 1 saturated carbocycles. The largest absolute Gasteiger partial charge is 0.398 e. The van der Waals surface area contributed by atoms with Gasteiger partial charge < -0.3 is 15.8 Å². The van der Waals surface area contributed by atoms with E-state index in [1.54, 1.807) is 7.11 Å². The quantitative estimate of drug-likeness (QED) is 0.815. The van der Waals surface area contributed by atoms with Gasteiger partial charge in [-0.25, -0.2) is 0 Å². The Morgan fingerprint density at radius 1 is 1.41 bits per heavy atom. The molecule has 1 aromatic carbocycles. The van der Waals surface area contributed by atoms with E-state index in [4.69, 9.17) is 22.1 Å². The molecule has 3 N–H and O–H groups in total. The lowest BCUT2D eigenvalue weighted by Gasteiger charge is -2.17. The Labute approximate surface area is 107 Å². The summed E-state index contributed by atoms with van der Waals surface area (Å²) in [5.41, 5.74) is 8.60. The van der Waals surface area contributed by atoms with E-state index in [-0.39, 0.29) is 0 Å². The number of anilines is 2. The topological polar surface area (TPSA) is 47.3 Å². The van der Waals surface area contributed by atoms with Crippen molar-refractivity contribution in [2.24, 2.45) is 0 Å². The van der Waals surface area contributed by atoms with Crippen molar-refractivity contribution in [3.63, 3.8) is 0 Å². The third-order valence-corrected chi connectivity index (χ3v) is 3.75. The molecule has 0 amide bonds. The molecule has 0 heterocycles. The van der Waals surface area contributed by atoms with E-state index in [1.807, 2.05) is 19.1 Å². The number of nitrogens with one attached hydrogen (secondary N) is 1. The van der Waals surface area contributed by atoms with Gasteiger partial charge >= 0.3 is 0 Å². The van der Waals surface area contributed by atoms with Crippen LogP contribution in [0.15, 0.2) is 12.1 Å². The Morgan fingerprint density at radius 3 is 2.82 bits per heavy atom. The molecular weight excluding hydrogens is 236 g/mol. The zero-order chi connectivity index (χ0) is 12.4. The fourth-order valence-electron chi connectivity index (χ4n) is 2.36. The summed E-state index contributed by atoms with van der Waals surface area (Å²) < 4.78 is 5.37. The fourth-order valence-corrected chi connectivity index (χ4v) is 2.53. The Balaban J connectivity index is 2.06. The number of hydrogen-bond donors (Lipinski definition) is 2. The van der Waals surface area contributed by atoms with Crippen LogP contribution in [0.3, 0.4) is 0 Å². The van der Waals surface area contributed by atoms with Crippen molar-refractivity contribution in [2.45, 2.75) is 38.3 Å². The van der Waals surface area contributed by atoms with Crippen LogP contribution in [0.4, 0.5) is 11.4 Å². The number of rotatable bonds is 3. The smallest absolute Gasteiger partial charge is 0.0656 e. The minimum Gasteiger partial charge on any atom is -0.398 e. The van der Waals surface area contributed by atoms with Gasteiger partial charge in [-0.15, -0.1) is 0 Å². The van der Waals surface area contributed by atoms with Crippen LogP contribution in [0, 0.1) is 6.92 Å². The van der Waals surface area contributed by atoms with E-state index in [0.717, 1.165) is 30.5 Å². The molecule has 3 nitrogen and oxygen atoms in total. The zero-order valence-corrected chi connectivity index (χ0v) is 11.1. The number of nitrogen functional groups attached to an aromatic ring is 1. The van der Waals surface area contributed by atoms with E-state index in [1.165, 1.54) is 0 Å². The lowest BCUT2D eigenvalue weighted by atomic mass is 10.1. The summed E-state index contributed by atoms with van der Waals surface area (Å²) in [6.07, 6.45) is 3.70.